The molecule has 0 unspecified atom stereocenters. The van der Waals surface area contributed by atoms with Crippen molar-refractivity contribution in [2.24, 2.45) is 0 Å². The SMILES string of the molecule is CC[C@H](C)Nc1ncc2c(-c3ccc4ncc(C)n4n3)c[nH]c2n1. The Balaban J connectivity index is 1.77. The predicted molar refractivity (Wildman–Crippen MR) is 94.0 cm³/mol. The van der Waals surface area contributed by atoms with Crippen LogP contribution in [0.1, 0.15) is 26.0 Å². The molecule has 0 spiro atoms. The molecule has 7 nitrogen and oxygen atoms in total. The Morgan fingerprint density at radius 2 is 2.12 bits per heavy atom. The third-order valence-corrected chi connectivity index (χ3v) is 4.23. The molecule has 4 rings (SSSR count). The minimum Gasteiger partial charge on any atom is -0.352 e. The van der Waals surface area contributed by atoms with Gasteiger partial charge in [0.25, 0.3) is 0 Å². The highest BCUT2D eigenvalue weighted by molar-refractivity contribution is 5.92. The summed E-state index contributed by atoms with van der Waals surface area (Å²) >= 11 is 0. The predicted octanol–water partition coefficient (Wildman–Crippen LogP) is 3.19. The highest BCUT2D eigenvalue weighted by Crippen LogP contribution is 2.26. The van der Waals surface area contributed by atoms with Crippen LogP contribution in [0.4, 0.5) is 5.95 Å². The number of imidazole rings is 1. The fourth-order valence-electron chi connectivity index (χ4n) is 2.64. The Kier molecular flexibility index (Phi) is 3.41. The lowest BCUT2D eigenvalue weighted by atomic mass is 10.2. The van der Waals surface area contributed by atoms with E-state index in [0.29, 0.717) is 12.0 Å². The van der Waals surface area contributed by atoms with E-state index in [-0.39, 0.29) is 0 Å². The Hall–Kier alpha value is -2.96. The summed E-state index contributed by atoms with van der Waals surface area (Å²) in [6, 6.07) is 4.27. The van der Waals surface area contributed by atoms with E-state index in [9.17, 15) is 0 Å². The van der Waals surface area contributed by atoms with E-state index in [1.54, 1.807) is 0 Å². The van der Waals surface area contributed by atoms with Gasteiger partial charge in [0.2, 0.25) is 5.95 Å². The quantitative estimate of drug-likeness (QED) is 0.603. The van der Waals surface area contributed by atoms with E-state index < -0.39 is 0 Å². The Morgan fingerprint density at radius 3 is 2.96 bits per heavy atom. The highest BCUT2D eigenvalue weighted by Gasteiger charge is 2.12. The molecule has 122 valence electrons. The average Bonchev–Trinajstić information content (AvgIpc) is 3.18. The number of anilines is 1. The van der Waals surface area contributed by atoms with Gasteiger partial charge in [-0.3, -0.25) is 0 Å². The molecule has 7 heteroatoms. The molecule has 0 saturated heterocycles. The molecule has 0 saturated carbocycles. The molecule has 1 atom stereocenters. The van der Waals surface area contributed by atoms with E-state index in [0.717, 1.165) is 40.1 Å². The first kappa shape index (κ1) is 14.6. The summed E-state index contributed by atoms with van der Waals surface area (Å²) in [6.07, 6.45) is 6.60. The number of nitrogens with zero attached hydrogens (tertiary/aromatic N) is 5. The standard InChI is InChI=1S/C17H19N7/c1-4-10(2)21-17-20-9-13-12(8-19-16(13)22-17)14-5-6-15-18-7-11(3)24(15)23-14/h5-10H,4H2,1-3H3,(H2,19,20,21,22)/t10-/m0/s1. The van der Waals surface area contributed by atoms with E-state index in [1.807, 2.05) is 42.2 Å². The van der Waals surface area contributed by atoms with Gasteiger partial charge < -0.3 is 10.3 Å². The van der Waals surface area contributed by atoms with Crippen LogP contribution in [0.2, 0.25) is 0 Å². The van der Waals surface area contributed by atoms with Crippen LogP contribution in [-0.2, 0) is 0 Å². The van der Waals surface area contributed by atoms with Gasteiger partial charge in [-0.05, 0) is 32.4 Å². The van der Waals surface area contributed by atoms with Crippen LogP contribution in [0.15, 0.2) is 30.7 Å². The number of aromatic nitrogens is 6. The van der Waals surface area contributed by atoms with Crippen molar-refractivity contribution in [2.45, 2.75) is 33.2 Å². The van der Waals surface area contributed by atoms with E-state index >= 15 is 0 Å². The summed E-state index contributed by atoms with van der Waals surface area (Å²) in [6.45, 7) is 6.23. The van der Waals surface area contributed by atoms with E-state index in [4.69, 9.17) is 0 Å². The van der Waals surface area contributed by atoms with Crippen LogP contribution in [0.25, 0.3) is 27.9 Å². The zero-order valence-electron chi connectivity index (χ0n) is 13.9. The molecule has 4 aromatic heterocycles. The lowest BCUT2D eigenvalue weighted by molar-refractivity contribution is 0.754. The number of fused-ring (bicyclic) bond motifs is 2. The second-order valence-electron chi connectivity index (χ2n) is 6.00. The fourth-order valence-corrected chi connectivity index (χ4v) is 2.64. The summed E-state index contributed by atoms with van der Waals surface area (Å²) in [7, 11) is 0. The molecular weight excluding hydrogens is 302 g/mol. The maximum Gasteiger partial charge on any atom is 0.224 e. The van der Waals surface area contributed by atoms with Crippen LogP contribution < -0.4 is 5.32 Å². The van der Waals surface area contributed by atoms with Crippen LogP contribution in [0.5, 0.6) is 0 Å². The first-order chi connectivity index (χ1) is 11.7. The smallest absolute Gasteiger partial charge is 0.224 e. The summed E-state index contributed by atoms with van der Waals surface area (Å²) in [5, 5.41) is 8.92. The molecule has 0 aromatic carbocycles. The van der Waals surface area contributed by atoms with Gasteiger partial charge in [-0.1, -0.05) is 6.92 Å². The normalized spacial score (nSPS) is 12.8. The zero-order chi connectivity index (χ0) is 16.7. The number of hydrogen-bond acceptors (Lipinski definition) is 5. The molecule has 0 radical (unpaired) electrons. The molecule has 2 N–H and O–H groups in total. The maximum absolute atomic E-state index is 4.67. The molecule has 4 heterocycles. The lowest BCUT2D eigenvalue weighted by Crippen LogP contribution is -2.15. The number of rotatable bonds is 4. The van der Waals surface area contributed by atoms with Gasteiger partial charge in [0, 0.05) is 29.4 Å². The Labute approximate surface area is 139 Å². The number of aryl methyl sites for hydroxylation is 1. The minimum atomic E-state index is 0.338. The van der Waals surface area contributed by atoms with Crippen LogP contribution in [0.3, 0.4) is 0 Å². The molecule has 24 heavy (non-hydrogen) atoms. The van der Waals surface area contributed by atoms with Gasteiger partial charge in [-0.2, -0.15) is 10.1 Å². The Morgan fingerprint density at radius 1 is 1.25 bits per heavy atom. The molecule has 4 aromatic rings. The second-order valence-corrected chi connectivity index (χ2v) is 6.00. The van der Waals surface area contributed by atoms with Crippen LogP contribution in [0, 0.1) is 6.92 Å². The van der Waals surface area contributed by atoms with Gasteiger partial charge in [0.05, 0.1) is 17.6 Å². The number of aromatic amines is 1. The summed E-state index contributed by atoms with van der Waals surface area (Å²) in [5.41, 5.74) is 4.49. The number of H-pyrrole nitrogens is 1. The van der Waals surface area contributed by atoms with Gasteiger partial charge in [0.15, 0.2) is 5.65 Å². The van der Waals surface area contributed by atoms with Crippen molar-refractivity contribution < 1.29 is 0 Å². The van der Waals surface area contributed by atoms with E-state index in [1.165, 1.54) is 0 Å². The third kappa shape index (κ3) is 2.38. The average molecular weight is 321 g/mol. The molecule has 0 aliphatic rings. The maximum atomic E-state index is 4.67. The topological polar surface area (TPSA) is 83.8 Å². The van der Waals surface area contributed by atoms with Crippen molar-refractivity contribution in [1.82, 2.24) is 29.5 Å². The minimum absolute atomic E-state index is 0.338. The van der Waals surface area contributed by atoms with Crippen molar-refractivity contribution in [2.75, 3.05) is 5.32 Å². The van der Waals surface area contributed by atoms with Crippen molar-refractivity contribution in [3.05, 3.63) is 36.4 Å². The molecule has 0 aliphatic carbocycles. The molecule has 0 amide bonds. The first-order valence-electron chi connectivity index (χ1n) is 8.08. The Bertz CT molecular complexity index is 1010. The largest absolute Gasteiger partial charge is 0.352 e. The molecular formula is C17H19N7. The van der Waals surface area contributed by atoms with Gasteiger partial charge >= 0.3 is 0 Å². The van der Waals surface area contributed by atoms with Crippen molar-refractivity contribution in [1.29, 1.82) is 0 Å². The van der Waals surface area contributed by atoms with Crippen molar-refractivity contribution >= 4 is 22.6 Å². The molecule has 0 aliphatic heterocycles. The summed E-state index contributed by atoms with van der Waals surface area (Å²) in [4.78, 5) is 16.5. The van der Waals surface area contributed by atoms with Gasteiger partial charge in [-0.15, -0.1) is 0 Å². The number of hydrogen-bond donors (Lipinski definition) is 2. The fraction of sp³-hybridized carbons (Fsp3) is 0.294. The summed E-state index contributed by atoms with van der Waals surface area (Å²) in [5.74, 6) is 0.638. The number of nitrogens with one attached hydrogen (secondary N) is 2. The van der Waals surface area contributed by atoms with Gasteiger partial charge in [-0.25, -0.2) is 14.5 Å². The highest BCUT2D eigenvalue weighted by atomic mass is 15.3. The van der Waals surface area contributed by atoms with E-state index in [2.05, 4.69) is 44.2 Å². The zero-order valence-corrected chi connectivity index (χ0v) is 13.9. The molecule has 0 bridgehead atoms. The first-order valence-corrected chi connectivity index (χ1v) is 8.08. The third-order valence-electron chi connectivity index (χ3n) is 4.23. The van der Waals surface area contributed by atoms with Crippen molar-refractivity contribution in [3.63, 3.8) is 0 Å². The molecule has 0 fully saturated rings. The monoisotopic (exact) mass is 321 g/mol. The summed E-state index contributed by atoms with van der Waals surface area (Å²) < 4.78 is 1.84. The second kappa shape index (κ2) is 5.59. The van der Waals surface area contributed by atoms with Crippen LogP contribution in [-0.4, -0.2) is 35.6 Å². The van der Waals surface area contributed by atoms with Crippen molar-refractivity contribution in [3.8, 4) is 11.3 Å². The lowest BCUT2D eigenvalue weighted by Gasteiger charge is -2.10. The van der Waals surface area contributed by atoms with Crippen LogP contribution >= 0.6 is 0 Å². The van der Waals surface area contributed by atoms with Gasteiger partial charge in [0.1, 0.15) is 5.65 Å².